The van der Waals surface area contributed by atoms with Crippen LogP contribution in [0.2, 0.25) is 0 Å². The fraction of sp³-hybridized carbons (Fsp3) is 0.429. The largest absolute Gasteiger partial charge is 0.464 e. The van der Waals surface area contributed by atoms with Gasteiger partial charge in [0.2, 0.25) is 6.08 Å². The number of nitrogens with zero attached hydrogens (tertiary/aromatic N) is 1. The van der Waals surface area contributed by atoms with E-state index in [1.54, 1.807) is 31.2 Å². The van der Waals surface area contributed by atoms with Crippen LogP contribution in [0.4, 0.5) is 0 Å². The highest BCUT2D eigenvalue weighted by atomic mass is 16.5. The number of hydrogen-bond acceptors (Lipinski definition) is 4. The molecule has 0 heterocycles. The van der Waals surface area contributed by atoms with Gasteiger partial charge in [-0.1, -0.05) is 43.7 Å². The molecule has 0 aromatic heterocycles. The first kappa shape index (κ1) is 14.1. The van der Waals surface area contributed by atoms with E-state index in [0.29, 0.717) is 12.2 Å². The second kappa shape index (κ2) is 6.72. The van der Waals surface area contributed by atoms with Crippen LogP contribution < -0.4 is 0 Å². The average Bonchev–Trinajstić information content (AvgIpc) is 2.40. The fourth-order valence-electron chi connectivity index (χ4n) is 1.53. The molecule has 0 N–H and O–H groups in total. The van der Waals surface area contributed by atoms with E-state index in [4.69, 9.17) is 4.74 Å². The van der Waals surface area contributed by atoms with Crippen LogP contribution in [0.25, 0.3) is 0 Å². The topological polar surface area (TPSA) is 55.7 Å². The van der Waals surface area contributed by atoms with Crippen LogP contribution in [0.1, 0.15) is 32.3 Å². The molecule has 1 aromatic carbocycles. The molecule has 1 unspecified atom stereocenters. The minimum absolute atomic E-state index is 0.339. The van der Waals surface area contributed by atoms with Crippen molar-refractivity contribution in [2.75, 3.05) is 6.61 Å². The molecule has 96 valence electrons. The van der Waals surface area contributed by atoms with Crippen LogP contribution in [-0.2, 0) is 19.9 Å². The fourth-order valence-corrected chi connectivity index (χ4v) is 1.53. The summed E-state index contributed by atoms with van der Waals surface area (Å²) in [6.07, 6.45) is 3.18. The van der Waals surface area contributed by atoms with Crippen molar-refractivity contribution in [2.45, 2.75) is 32.2 Å². The normalized spacial score (nSPS) is 13.2. The van der Waals surface area contributed by atoms with Gasteiger partial charge in [0.1, 0.15) is 0 Å². The third-order valence-electron chi connectivity index (χ3n) is 2.73. The number of rotatable bonds is 6. The standard InChI is InChI=1S/C14H17NO3/c1-3-4-10-18-13(17)14(2,15-11-16)12-8-6-5-7-9-12/h5-9H,3-4,10H2,1-2H3. The van der Waals surface area contributed by atoms with Gasteiger partial charge in [0.05, 0.1) is 6.61 Å². The van der Waals surface area contributed by atoms with Crippen LogP contribution in [0, 0.1) is 0 Å². The number of carbonyl (C=O) groups is 1. The average molecular weight is 247 g/mol. The molecule has 0 saturated heterocycles. The van der Waals surface area contributed by atoms with E-state index in [2.05, 4.69) is 4.99 Å². The Morgan fingerprint density at radius 2 is 2.06 bits per heavy atom. The van der Waals surface area contributed by atoms with Gasteiger partial charge in [-0.2, -0.15) is 4.99 Å². The van der Waals surface area contributed by atoms with E-state index < -0.39 is 11.5 Å². The maximum absolute atomic E-state index is 12.0. The van der Waals surface area contributed by atoms with Gasteiger partial charge >= 0.3 is 5.97 Å². The first-order valence-electron chi connectivity index (χ1n) is 5.97. The predicted octanol–water partition coefficient (Wildman–Crippen LogP) is 2.58. The van der Waals surface area contributed by atoms with Crippen molar-refractivity contribution in [2.24, 2.45) is 4.99 Å². The van der Waals surface area contributed by atoms with Crippen LogP contribution >= 0.6 is 0 Å². The quantitative estimate of drug-likeness (QED) is 0.336. The number of aliphatic imine (C=N–C) groups is 1. The molecule has 4 nitrogen and oxygen atoms in total. The summed E-state index contributed by atoms with van der Waals surface area (Å²) >= 11 is 0. The van der Waals surface area contributed by atoms with Crippen molar-refractivity contribution in [1.82, 2.24) is 0 Å². The van der Waals surface area contributed by atoms with Crippen molar-refractivity contribution < 1.29 is 14.3 Å². The summed E-state index contributed by atoms with van der Waals surface area (Å²) in [7, 11) is 0. The molecule has 0 fully saturated rings. The molecule has 0 aliphatic heterocycles. The third kappa shape index (κ3) is 3.28. The molecule has 0 bridgehead atoms. The lowest BCUT2D eigenvalue weighted by atomic mass is 9.93. The van der Waals surface area contributed by atoms with E-state index >= 15 is 0 Å². The zero-order chi connectivity index (χ0) is 13.4. The molecule has 1 aromatic rings. The molecule has 0 amide bonds. The summed E-state index contributed by atoms with van der Waals surface area (Å²) in [5.74, 6) is -0.523. The Kier molecular flexibility index (Phi) is 5.28. The van der Waals surface area contributed by atoms with Gasteiger partial charge in [-0.3, -0.25) is 0 Å². The van der Waals surface area contributed by atoms with Gasteiger partial charge in [-0.15, -0.1) is 0 Å². The lowest BCUT2D eigenvalue weighted by Gasteiger charge is -2.21. The van der Waals surface area contributed by atoms with Gasteiger partial charge in [0.15, 0.2) is 5.54 Å². The minimum Gasteiger partial charge on any atom is -0.464 e. The lowest BCUT2D eigenvalue weighted by Crippen LogP contribution is -2.32. The molecule has 4 heteroatoms. The molecule has 0 saturated carbocycles. The molecule has 0 aliphatic carbocycles. The first-order valence-corrected chi connectivity index (χ1v) is 5.97. The summed E-state index contributed by atoms with van der Waals surface area (Å²) in [6.45, 7) is 3.90. The Morgan fingerprint density at radius 3 is 2.61 bits per heavy atom. The van der Waals surface area contributed by atoms with Crippen LogP contribution in [-0.4, -0.2) is 18.7 Å². The second-order valence-corrected chi connectivity index (χ2v) is 4.13. The first-order chi connectivity index (χ1) is 8.65. The van der Waals surface area contributed by atoms with Crippen molar-refractivity contribution in [3.05, 3.63) is 35.9 Å². The van der Waals surface area contributed by atoms with Gasteiger partial charge in [-0.05, 0) is 18.9 Å². The summed E-state index contributed by atoms with van der Waals surface area (Å²) in [5.41, 5.74) is -0.689. The van der Waals surface area contributed by atoms with Gasteiger partial charge < -0.3 is 4.74 Å². The molecule has 18 heavy (non-hydrogen) atoms. The lowest BCUT2D eigenvalue weighted by molar-refractivity contribution is -0.149. The van der Waals surface area contributed by atoms with Crippen LogP contribution in [0.5, 0.6) is 0 Å². The van der Waals surface area contributed by atoms with E-state index in [1.165, 1.54) is 6.08 Å². The van der Waals surface area contributed by atoms with Crippen molar-refractivity contribution in [3.8, 4) is 0 Å². The van der Waals surface area contributed by atoms with Crippen molar-refractivity contribution in [1.29, 1.82) is 0 Å². The second-order valence-electron chi connectivity index (χ2n) is 4.13. The monoisotopic (exact) mass is 247 g/mol. The van der Waals surface area contributed by atoms with E-state index in [9.17, 15) is 9.59 Å². The zero-order valence-corrected chi connectivity index (χ0v) is 10.7. The number of ether oxygens (including phenoxy) is 1. The highest BCUT2D eigenvalue weighted by Crippen LogP contribution is 2.26. The van der Waals surface area contributed by atoms with Gasteiger partial charge in [0.25, 0.3) is 0 Å². The molecular weight excluding hydrogens is 230 g/mol. The zero-order valence-electron chi connectivity index (χ0n) is 10.7. The van der Waals surface area contributed by atoms with Crippen LogP contribution in [0.3, 0.4) is 0 Å². The number of benzene rings is 1. The molecule has 0 aliphatic rings. The minimum atomic E-state index is -1.31. The highest BCUT2D eigenvalue weighted by molar-refractivity contribution is 5.83. The Balaban J connectivity index is 2.94. The Bertz CT molecular complexity index is 438. The molecule has 1 rings (SSSR count). The number of hydrogen-bond donors (Lipinski definition) is 0. The Labute approximate surface area is 107 Å². The van der Waals surface area contributed by atoms with Gasteiger partial charge in [0, 0.05) is 0 Å². The maximum atomic E-state index is 12.0. The van der Waals surface area contributed by atoms with Gasteiger partial charge in [-0.25, -0.2) is 9.59 Å². The SMILES string of the molecule is CCCCOC(=O)C(C)(N=C=O)c1ccccc1. The molecular formula is C14H17NO3. The van der Waals surface area contributed by atoms with E-state index in [0.717, 1.165) is 12.8 Å². The third-order valence-corrected chi connectivity index (χ3v) is 2.73. The molecule has 1 atom stereocenters. The van der Waals surface area contributed by atoms with E-state index in [1.807, 2.05) is 13.0 Å². The summed E-state index contributed by atoms with van der Waals surface area (Å²) in [6, 6.07) is 8.88. The Morgan fingerprint density at radius 1 is 1.39 bits per heavy atom. The summed E-state index contributed by atoms with van der Waals surface area (Å²) in [5, 5.41) is 0. The predicted molar refractivity (Wildman–Crippen MR) is 67.8 cm³/mol. The molecule has 0 radical (unpaired) electrons. The summed E-state index contributed by atoms with van der Waals surface area (Å²) in [4.78, 5) is 26.2. The number of isocyanates is 1. The summed E-state index contributed by atoms with van der Waals surface area (Å²) < 4.78 is 5.14. The van der Waals surface area contributed by atoms with Crippen molar-refractivity contribution >= 4 is 12.0 Å². The smallest absolute Gasteiger partial charge is 0.339 e. The number of carbonyl (C=O) groups excluding carboxylic acids is 2. The highest BCUT2D eigenvalue weighted by Gasteiger charge is 2.36. The van der Waals surface area contributed by atoms with E-state index in [-0.39, 0.29) is 0 Å². The van der Waals surface area contributed by atoms with Crippen molar-refractivity contribution in [3.63, 3.8) is 0 Å². The number of esters is 1. The Hall–Kier alpha value is -1.93. The maximum Gasteiger partial charge on any atom is 0.339 e. The molecule has 0 spiro atoms. The number of unbranched alkanes of at least 4 members (excludes halogenated alkanes) is 1. The van der Waals surface area contributed by atoms with Crippen LogP contribution in [0.15, 0.2) is 35.3 Å².